The van der Waals surface area contributed by atoms with Gasteiger partial charge in [-0.15, -0.1) is 0 Å². The number of rotatable bonds is 3. The van der Waals surface area contributed by atoms with E-state index in [1.54, 1.807) is 6.20 Å². The Hall–Kier alpha value is -0.830. The van der Waals surface area contributed by atoms with Crippen LogP contribution >= 0.6 is 0 Å². The van der Waals surface area contributed by atoms with Crippen LogP contribution in [0.1, 0.15) is 44.7 Å². The van der Waals surface area contributed by atoms with Crippen molar-refractivity contribution >= 4 is 0 Å². The van der Waals surface area contributed by atoms with E-state index in [1.165, 1.54) is 0 Å². The van der Waals surface area contributed by atoms with E-state index < -0.39 is 5.60 Å². The molecule has 0 bridgehead atoms. The average Bonchev–Trinajstić information content (AvgIpc) is 2.75. The van der Waals surface area contributed by atoms with E-state index in [2.05, 4.69) is 12.0 Å². The van der Waals surface area contributed by atoms with Crippen LogP contribution in [0.5, 0.6) is 0 Å². The second-order valence-electron chi connectivity index (χ2n) is 4.18. The number of aryl methyl sites for hydroxylation is 1. The third-order valence-electron chi connectivity index (χ3n) is 3.06. The second kappa shape index (κ2) is 3.73. The summed E-state index contributed by atoms with van der Waals surface area (Å²) in [5, 5.41) is 14.7. The van der Waals surface area contributed by atoms with Crippen molar-refractivity contribution in [2.45, 2.75) is 51.2 Å². The summed E-state index contributed by atoms with van der Waals surface area (Å²) in [4.78, 5) is 0. The van der Waals surface area contributed by atoms with Gasteiger partial charge in [0.05, 0.1) is 5.69 Å². The van der Waals surface area contributed by atoms with Gasteiger partial charge < -0.3 is 5.11 Å². The summed E-state index contributed by atoms with van der Waals surface area (Å²) in [5.41, 5.74) is 0.419. The molecule has 0 aromatic carbocycles. The Kier molecular flexibility index (Phi) is 2.59. The molecule has 1 aromatic rings. The van der Waals surface area contributed by atoms with Crippen LogP contribution in [-0.2, 0) is 12.1 Å². The van der Waals surface area contributed by atoms with Crippen LogP contribution in [-0.4, -0.2) is 14.9 Å². The molecule has 1 saturated carbocycles. The topological polar surface area (TPSA) is 38.0 Å². The summed E-state index contributed by atoms with van der Waals surface area (Å²) in [5.74, 6) is 0. The Morgan fingerprint density at radius 2 is 2.21 bits per heavy atom. The normalized spacial score (nSPS) is 20.1. The lowest BCUT2D eigenvalue weighted by Gasteiger charge is -2.23. The van der Waals surface area contributed by atoms with Crippen LogP contribution in [0.25, 0.3) is 0 Å². The van der Waals surface area contributed by atoms with Crippen molar-refractivity contribution < 1.29 is 5.11 Å². The lowest BCUT2D eigenvalue weighted by atomic mass is 9.98. The Morgan fingerprint density at radius 1 is 1.50 bits per heavy atom. The summed E-state index contributed by atoms with van der Waals surface area (Å²) >= 11 is 0. The van der Waals surface area contributed by atoms with Gasteiger partial charge in [-0.3, -0.25) is 4.68 Å². The molecular formula is C11H18N2O. The predicted molar refractivity (Wildman–Crippen MR) is 54.9 cm³/mol. The van der Waals surface area contributed by atoms with E-state index in [-0.39, 0.29) is 0 Å². The molecule has 3 nitrogen and oxygen atoms in total. The van der Waals surface area contributed by atoms with E-state index in [9.17, 15) is 5.11 Å². The molecule has 14 heavy (non-hydrogen) atoms. The van der Waals surface area contributed by atoms with E-state index in [1.807, 2.05) is 10.7 Å². The fourth-order valence-corrected chi connectivity index (χ4v) is 2.33. The van der Waals surface area contributed by atoms with Crippen molar-refractivity contribution in [3.63, 3.8) is 0 Å². The third-order valence-corrected chi connectivity index (χ3v) is 3.06. The minimum atomic E-state index is -0.592. The Morgan fingerprint density at radius 3 is 2.86 bits per heavy atom. The van der Waals surface area contributed by atoms with Crippen LogP contribution in [0.3, 0.4) is 0 Å². The Balaban J connectivity index is 2.25. The van der Waals surface area contributed by atoms with Crippen LogP contribution in [0.15, 0.2) is 12.3 Å². The smallest absolute Gasteiger partial charge is 0.106 e. The monoisotopic (exact) mass is 194 g/mol. The van der Waals surface area contributed by atoms with Gasteiger partial charge in [-0.1, -0.05) is 19.8 Å². The quantitative estimate of drug-likeness (QED) is 0.799. The first kappa shape index (κ1) is 9.71. The molecule has 1 N–H and O–H groups in total. The van der Waals surface area contributed by atoms with Gasteiger partial charge in [0.2, 0.25) is 0 Å². The number of hydrogen-bond donors (Lipinski definition) is 1. The van der Waals surface area contributed by atoms with Gasteiger partial charge in [-0.2, -0.15) is 5.10 Å². The van der Waals surface area contributed by atoms with Gasteiger partial charge in [0.15, 0.2) is 0 Å². The molecule has 1 aliphatic carbocycles. The summed E-state index contributed by atoms with van der Waals surface area (Å²) in [6, 6.07) is 1.96. The maximum Gasteiger partial charge on any atom is 0.106 e. The van der Waals surface area contributed by atoms with E-state index >= 15 is 0 Å². The van der Waals surface area contributed by atoms with Crippen molar-refractivity contribution in [1.29, 1.82) is 0 Å². The minimum absolute atomic E-state index is 0.592. The first-order valence-electron chi connectivity index (χ1n) is 5.51. The summed E-state index contributed by atoms with van der Waals surface area (Å²) < 4.78 is 1.95. The average molecular weight is 194 g/mol. The summed E-state index contributed by atoms with van der Waals surface area (Å²) in [6.07, 6.45) is 6.90. The van der Waals surface area contributed by atoms with Gasteiger partial charge >= 0.3 is 0 Å². The highest BCUT2D eigenvalue weighted by Crippen LogP contribution is 2.38. The molecule has 0 atom stereocenters. The zero-order valence-electron chi connectivity index (χ0n) is 8.74. The zero-order chi connectivity index (χ0) is 10.0. The Labute approximate surface area is 84.7 Å². The number of aliphatic hydroxyl groups is 1. The Bertz CT molecular complexity index is 300. The van der Waals surface area contributed by atoms with Crippen LogP contribution < -0.4 is 0 Å². The number of aromatic nitrogens is 2. The predicted octanol–water partition coefficient (Wildman–Crippen LogP) is 2.05. The fourth-order valence-electron chi connectivity index (χ4n) is 2.33. The molecule has 2 rings (SSSR count). The third kappa shape index (κ3) is 1.57. The fraction of sp³-hybridized carbons (Fsp3) is 0.727. The standard InChI is InChI=1S/C11H18N2O/c1-2-9-13-10(5-8-12-13)11(14)6-3-4-7-11/h5,8,14H,2-4,6-7,9H2,1H3. The van der Waals surface area contributed by atoms with Gasteiger partial charge in [-0.25, -0.2) is 0 Å². The van der Waals surface area contributed by atoms with Crippen LogP contribution in [0.2, 0.25) is 0 Å². The molecular weight excluding hydrogens is 176 g/mol. The molecule has 0 aliphatic heterocycles. The molecule has 78 valence electrons. The molecule has 1 heterocycles. The molecule has 0 unspecified atom stereocenters. The number of hydrogen-bond acceptors (Lipinski definition) is 2. The molecule has 0 spiro atoms. The van der Waals surface area contributed by atoms with E-state index in [4.69, 9.17) is 0 Å². The van der Waals surface area contributed by atoms with Crippen molar-refractivity contribution in [1.82, 2.24) is 9.78 Å². The highest BCUT2D eigenvalue weighted by atomic mass is 16.3. The van der Waals surface area contributed by atoms with Crippen molar-refractivity contribution in [3.05, 3.63) is 18.0 Å². The molecule has 3 heteroatoms. The van der Waals surface area contributed by atoms with Gasteiger partial charge in [0, 0.05) is 12.7 Å². The van der Waals surface area contributed by atoms with Crippen molar-refractivity contribution in [2.24, 2.45) is 0 Å². The molecule has 1 fully saturated rings. The highest BCUT2D eigenvalue weighted by molar-refractivity contribution is 5.13. The summed E-state index contributed by atoms with van der Waals surface area (Å²) in [7, 11) is 0. The van der Waals surface area contributed by atoms with Crippen LogP contribution in [0, 0.1) is 0 Å². The molecule has 1 aromatic heterocycles. The first-order valence-corrected chi connectivity index (χ1v) is 5.51. The molecule has 0 saturated heterocycles. The summed E-state index contributed by atoms with van der Waals surface area (Å²) in [6.45, 7) is 3.04. The highest BCUT2D eigenvalue weighted by Gasteiger charge is 2.35. The van der Waals surface area contributed by atoms with Crippen molar-refractivity contribution in [2.75, 3.05) is 0 Å². The van der Waals surface area contributed by atoms with Gasteiger partial charge in [-0.05, 0) is 25.3 Å². The molecule has 0 radical (unpaired) electrons. The molecule has 0 amide bonds. The van der Waals surface area contributed by atoms with E-state index in [0.717, 1.165) is 44.3 Å². The lowest BCUT2D eigenvalue weighted by molar-refractivity contribution is 0.0349. The maximum atomic E-state index is 10.4. The first-order chi connectivity index (χ1) is 6.76. The van der Waals surface area contributed by atoms with Gasteiger partial charge in [0.1, 0.15) is 5.60 Å². The second-order valence-corrected chi connectivity index (χ2v) is 4.18. The van der Waals surface area contributed by atoms with E-state index in [0.29, 0.717) is 0 Å². The largest absolute Gasteiger partial charge is 0.384 e. The van der Waals surface area contributed by atoms with Crippen molar-refractivity contribution in [3.8, 4) is 0 Å². The van der Waals surface area contributed by atoms with Gasteiger partial charge in [0.25, 0.3) is 0 Å². The SMILES string of the molecule is CCCn1nccc1C1(O)CCCC1. The zero-order valence-corrected chi connectivity index (χ0v) is 8.74. The molecule has 1 aliphatic rings. The minimum Gasteiger partial charge on any atom is -0.384 e. The number of nitrogens with zero attached hydrogens (tertiary/aromatic N) is 2. The van der Waals surface area contributed by atoms with Crippen LogP contribution in [0.4, 0.5) is 0 Å². The maximum absolute atomic E-state index is 10.4. The lowest BCUT2D eigenvalue weighted by Crippen LogP contribution is -2.25.